The van der Waals surface area contributed by atoms with E-state index in [1.807, 2.05) is 12.1 Å². The van der Waals surface area contributed by atoms with Gasteiger partial charge in [-0.1, -0.05) is 49.7 Å². The molecule has 0 bridgehead atoms. The molecule has 2 aromatic rings. The number of anilines is 1. The van der Waals surface area contributed by atoms with E-state index in [0.29, 0.717) is 0 Å². The van der Waals surface area contributed by atoms with Crippen LogP contribution in [0.15, 0.2) is 36.4 Å². The van der Waals surface area contributed by atoms with Gasteiger partial charge in [0.2, 0.25) is 0 Å². The molecule has 5 nitrogen and oxygen atoms in total. The number of fused-ring (bicyclic) bond motifs is 1. The van der Waals surface area contributed by atoms with Crippen LogP contribution >= 0.6 is 11.6 Å². The molecule has 4 rings (SSSR count). The van der Waals surface area contributed by atoms with Gasteiger partial charge in [0.15, 0.2) is 0 Å². The van der Waals surface area contributed by atoms with Crippen molar-refractivity contribution in [2.24, 2.45) is 11.1 Å². The molecule has 1 aliphatic heterocycles. The third kappa shape index (κ3) is 3.56. The molecule has 2 aromatic carbocycles. The molecule has 0 aromatic heterocycles. The first kappa shape index (κ1) is 19.1. The monoisotopic (exact) mass is 400 g/mol. The Morgan fingerprint density at radius 2 is 1.86 bits per heavy atom. The number of carbonyl (C=O) groups excluding carboxylic acids is 1. The third-order valence-electron chi connectivity index (χ3n) is 5.65. The fraction of sp³-hybridized carbons (Fsp3) is 0.409. The van der Waals surface area contributed by atoms with Crippen molar-refractivity contribution in [3.05, 3.63) is 52.5 Å². The van der Waals surface area contributed by atoms with Gasteiger partial charge >= 0.3 is 6.09 Å². The Morgan fingerprint density at radius 3 is 2.54 bits per heavy atom. The van der Waals surface area contributed by atoms with E-state index in [9.17, 15) is 4.79 Å². The van der Waals surface area contributed by atoms with Gasteiger partial charge in [0.25, 0.3) is 0 Å². The lowest BCUT2D eigenvalue weighted by Crippen LogP contribution is -2.36. The zero-order valence-corrected chi connectivity index (χ0v) is 17.0. The van der Waals surface area contributed by atoms with Crippen LogP contribution in [-0.2, 0) is 15.9 Å². The minimum atomic E-state index is -0.736. The second-order valence-corrected chi connectivity index (χ2v) is 8.57. The van der Waals surface area contributed by atoms with E-state index in [-0.39, 0.29) is 11.5 Å². The first-order valence-corrected chi connectivity index (χ1v) is 9.94. The first-order chi connectivity index (χ1) is 13.3. The van der Waals surface area contributed by atoms with Crippen molar-refractivity contribution >= 4 is 23.4 Å². The summed E-state index contributed by atoms with van der Waals surface area (Å²) in [4.78, 5) is 13.6. The molecule has 148 valence electrons. The van der Waals surface area contributed by atoms with E-state index in [1.165, 1.54) is 5.56 Å². The summed E-state index contributed by atoms with van der Waals surface area (Å²) < 4.78 is 10.8. The number of carbonyl (C=O) groups is 1. The van der Waals surface area contributed by atoms with Crippen molar-refractivity contribution in [2.45, 2.75) is 26.4 Å². The van der Waals surface area contributed by atoms with Gasteiger partial charge in [-0.3, -0.25) is 0 Å². The number of halogens is 1. The topological polar surface area (TPSA) is 64.8 Å². The number of morpholine rings is 1. The summed E-state index contributed by atoms with van der Waals surface area (Å²) in [5.74, 6) is 0. The van der Waals surface area contributed by atoms with Crippen LogP contribution in [0.4, 0.5) is 10.5 Å². The average molecular weight is 401 g/mol. The molecule has 1 saturated heterocycles. The second-order valence-electron chi connectivity index (χ2n) is 8.16. The van der Waals surface area contributed by atoms with Crippen molar-refractivity contribution in [1.82, 2.24) is 0 Å². The van der Waals surface area contributed by atoms with Gasteiger partial charge in [0, 0.05) is 18.5 Å². The predicted molar refractivity (Wildman–Crippen MR) is 111 cm³/mol. The number of nitrogens with zero attached hydrogens (tertiary/aromatic N) is 1. The van der Waals surface area contributed by atoms with Crippen LogP contribution in [0, 0.1) is 5.41 Å². The lowest BCUT2D eigenvalue weighted by molar-refractivity contribution is 0.0392. The molecule has 2 N–H and O–H groups in total. The summed E-state index contributed by atoms with van der Waals surface area (Å²) in [5.41, 5.74) is 10.5. The zero-order valence-electron chi connectivity index (χ0n) is 16.2. The Morgan fingerprint density at radius 1 is 1.18 bits per heavy atom. The van der Waals surface area contributed by atoms with Crippen LogP contribution in [0.5, 0.6) is 0 Å². The molecule has 0 radical (unpaired) electrons. The van der Waals surface area contributed by atoms with Gasteiger partial charge in [0.05, 0.1) is 23.9 Å². The Hall–Kier alpha value is -2.24. The smallest absolute Gasteiger partial charge is 0.405 e. The number of rotatable bonds is 3. The Balaban J connectivity index is 1.63. The highest BCUT2D eigenvalue weighted by Crippen LogP contribution is 2.48. The highest BCUT2D eigenvalue weighted by atomic mass is 35.5. The standard InChI is InChI=1S/C22H25ClN2O3/c1-22(2)13-16-11-14(3-5-17(16)20(22)28-21(24)26)15-4-6-19(18(23)12-15)25-7-9-27-10-8-25/h3-6,11-12,20H,7-10,13H2,1-2H3,(H2,24,26). The number of hydrogen-bond acceptors (Lipinski definition) is 4. The van der Waals surface area contributed by atoms with E-state index in [2.05, 4.69) is 43.0 Å². The third-order valence-corrected chi connectivity index (χ3v) is 5.95. The minimum Gasteiger partial charge on any atom is -0.441 e. The fourth-order valence-corrected chi connectivity index (χ4v) is 4.59. The summed E-state index contributed by atoms with van der Waals surface area (Å²) >= 11 is 6.60. The van der Waals surface area contributed by atoms with Crippen molar-refractivity contribution in [3.63, 3.8) is 0 Å². The van der Waals surface area contributed by atoms with Crippen molar-refractivity contribution < 1.29 is 14.3 Å². The second kappa shape index (κ2) is 7.30. The lowest BCUT2D eigenvalue weighted by atomic mass is 9.87. The normalized spacial score (nSPS) is 20.7. The van der Waals surface area contributed by atoms with Crippen LogP contribution in [0.3, 0.4) is 0 Å². The summed E-state index contributed by atoms with van der Waals surface area (Å²) in [6.07, 6.45) is -0.227. The number of nitrogens with two attached hydrogens (primary N) is 1. The van der Waals surface area contributed by atoms with Crippen LogP contribution < -0.4 is 10.6 Å². The van der Waals surface area contributed by atoms with Gasteiger partial charge in [-0.2, -0.15) is 0 Å². The Labute approximate surface area is 170 Å². The summed E-state index contributed by atoms with van der Waals surface area (Å²) in [7, 11) is 0. The maximum Gasteiger partial charge on any atom is 0.405 e. The van der Waals surface area contributed by atoms with Crippen LogP contribution in [-0.4, -0.2) is 32.4 Å². The molecule has 1 unspecified atom stereocenters. The molecule has 1 heterocycles. The Kier molecular flexibility index (Phi) is 4.98. The van der Waals surface area contributed by atoms with E-state index >= 15 is 0 Å². The fourth-order valence-electron chi connectivity index (χ4n) is 4.29. The van der Waals surface area contributed by atoms with Crippen LogP contribution in [0.2, 0.25) is 5.02 Å². The van der Waals surface area contributed by atoms with Crippen molar-refractivity contribution in [2.75, 3.05) is 31.2 Å². The maximum atomic E-state index is 11.3. The quantitative estimate of drug-likeness (QED) is 0.820. The van der Waals surface area contributed by atoms with Crippen LogP contribution in [0.1, 0.15) is 31.1 Å². The molecule has 6 heteroatoms. The van der Waals surface area contributed by atoms with Gasteiger partial charge < -0.3 is 20.1 Å². The van der Waals surface area contributed by atoms with Gasteiger partial charge in [-0.05, 0) is 40.8 Å². The number of amides is 1. The predicted octanol–water partition coefficient (Wildman–Crippen LogP) is 4.56. The lowest BCUT2D eigenvalue weighted by Gasteiger charge is -2.29. The Bertz CT molecular complexity index is 907. The van der Waals surface area contributed by atoms with Crippen LogP contribution in [0.25, 0.3) is 11.1 Å². The van der Waals surface area contributed by atoms with Gasteiger partial charge in [-0.15, -0.1) is 0 Å². The SMILES string of the molecule is CC1(C)Cc2cc(-c3ccc(N4CCOCC4)c(Cl)c3)ccc2C1OC(N)=O. The zero-order chi connectivity index (χ0) is 19.9. The van der Waals surface area contributed by atoms with E-state index < -0.39 is 6.09 Å². The molecule has 1 atom stereocenters. The molecule has 1 amide bonds. The molecule has 1 fully saturated rings. The van der Waals surface area contributed by atoms with Crippen molar-refractivity contribution in [1.29, 1.82) is 0 Å². The van der Waals surface area contributed by atoms with E-state index in [4.69, 9.17) is 26.8 Å². The van der Waals surface area contributed by atoms with E-state index in [1.54, 1.807) is 0 Å². The van der Waals surface area contributed by atoms with E-state index in [0.717, 1.165) is 60.1 Å². The largest absolute Gasteiger partial charge is 0.441 e. The summed E-state index contributed by atoms with van der Waals surface area (Å²) in [5, 5.41) is 0.746. The molecule has 0 saturated carbocycles. The number of benzene rings is 2. The molecule has 28 heavy (non-hydrogen) atoms. The summed E-state index contributed by atoms with van der Waals surface area (Å²) in [6, 6.07) is 12.5. The molecular weight excluding hydrogens is 376 g/mol. The highest BCUT2D eigenvalue weighted by molar-refractivity contribution is 6.33. The number of hydrogen-bond donors (Lipinski definition) is 1. The average Bonchev–Trinajstić information content (AvgIpc) is 2.91. The molecule has 2 aliphatic rings. The maximum absolute atomic E-state index is 11.3. The van der Waals surface area contributed by atoms with Gasteiger partial charge in [-0.25, -0.2) is 4.79 Å². The molecular formula is C22H25ClN2O3. The minimum absolute atomic E-state index is 0.187. The number of primary amides is 1. The highest BCUT2D eigenvalue weighted by Gasteiger charge is 2.41. The first-order valence-electron chi connectivity index (χ1n) is 9.57. The number of ether oxygens (including phenoxy) is 2. The molecule has 1 aliphatic carbocycles. The summed E-state index contributed by atoms with van der Waals surface area (Å²) in [6.45, 7) is 7.35. The molecule has 0 spiro atoms. The van der Waals surface area contributed by atoms with Crippen molar-refractivity contribution in [3.8, 4) is 11.1 Å². The van der Waals surface area contributed by atoms with Gasteiger partial charge in [0.1, 0.15) is 6.10 Å².